The fourth-order valence-corrected chi connectivity index (χ4v) is 1.92. The van der Waals surface area contributed by atoms with E-state index in [2.05, 4.69) is 18.1 Å². The maximum Gasteiger partial charge on any atom is 0.144 e. The highest BCUT2D eigenvalue weighted by Crippen LogP contribution is 2.23. The summed E-state index contributed by atoms with van der Waals surface area (Å²) in [4.78, 5) is 0. The average Bonchev–Trinajstić information content (AvgIpc) is 2.35. The molecule has 0 spiro atoms. The van der Waals surface area contributed by atoms with E-state index in [1.807, 2.05) is 32.9 Å². The Balaban J connectivity index is 2.43. The van der Waals surface area contributed by atoms with Crippen molar-refractivity contribution in [1.82, 2.24) is 0 Å². The number of rotatable bonds is 6. The second-order valence-corrected chi connectivity index (χ2v) is 5.59. The van der Waals surface area contributed by atoms with Crippen molar-refractivity contribution in [2.24, 2.45) is 16.3 Å². The molecular weight excluding hydrogens is 240 g/mol. The molecule has 0 atom stereocenters. The average molecular weight is 264 g/mol. The minimum absolute atomic E-state index is 0.263. The number of ether oxygens (including phenoxy) is 1. The molecule has 0 saturated carbocycles. The van der Waals surface area contributed by atoms with Crippen molar-refractivity contribution in [2.45, 2.75) is 40.5 Å². The number of hydrogen-bond donors (Lipinski definition) is 2. The molecule has 1 aromatic carbocycles. The van der Waals surface area contributed by atoms with E-state index in [-0.39, 0.29) is 11.3 Å². The van der Waals surface area contributed by atoms with Gasteiger partial charge in [0.25, 0.3) is 0 Å². The zero-order valence-electron chi connectivity index (χ0n) is 12.2. The molecule has 0 fully saturated rings. The second-order valence-electron chi connectivity index (χ2n) is 5.59. The zero-order chi connectivity index (χ0) is 14.5. The van der Waals surface area contributed by atoms with Gasteiger partial charge in [0.2, 0.25) is 0 Å². The van der Waals surface area contributed by atoms with Crippen LogP contribution in [0.1, 0.15) is 37.8 Å². The van der Waals surface area contributed by atoms with Crippen LogP contribution in [0.4, 0.5) is 0 Å². The van der Waals surface area contributed by atoms with Gasteiger partial charge in [0.1, 0.15) is 11.6 Å². The predicted molar refractivity (Wildman–Crippen MR) is 77.8 cm³/mol. The standard InChI is InChI=1S/C15H24N2O2/c1-11-6-7-13(12(2)10-11)19-9-5-8-15(3,4)14(16)17-18/h6-7,10,18H,5,8-9H2,1-4H3,(H2,16,17). The molecule has 0 aliphatic rings. The summed E-state index contributed by atoms with van der Waals surface area (Å²) in [6.45, 7) is 8.66. The van der Waals surface area contributed by atoms with E-state index in [1.54, 1.807) is 0 Å². The Hall–Kier alpha value is -1.71. The lowest BCUT2D eigenvalue weighted by Crippen LogP contribution is -2.32. The van der Waals surface area contributed by atoms with Crippen molar-refractivity contribution < 1.29 is 9.94 Å². The molecule has 3 N–H and O–H groups in total. The summed E-state index contributed by atoms with van der Waals surface area (Å²) in [6, 6.07) is 6.15. The van der Waals surface area contributed by atoms with Gasteiger partial charge in [-0.1, -0.05) is 36.7 Å². The highest BCUT2D eigenvalue weighted by Gasteiger charge is 2.22. The first kappa shape index (κ1) is 15.3. The smallest absolute Gasteiger partial charge is 0.144 e. The molecule has 0 bridgehead atoms. The van der Waals surface area contributed by atoms with Gasteiger partial charge in [0, 0.05) is 5.41 Å². The summed E-state index contributed by atoms with van der Waals surface area (Å²) in [5.74, 6) is 1.19. The van der Waals surface area contributed by atoms with E-state index in [9.17, 15) is 0 Å². The van der Waals surface area contributed by atoms with E-state index < -0.39 is 0 Å². The third-order valence-corrected chi connectivity index (χ3v) is 3.34. The van der Waals surface area contributed by atoms with Gasteiger partial charge in [0.15, 0.2) is 0 Å². The molecule has 0 aliphatic carbocycles. The van der Waals surface area contributed by atoms with Crippen LogP contribution in [0.15, 0.2) is 23.4 Å². The van der Waals surface area contributed by atoms with Crippen LogP contribution in [-0.4, -0.2) is 17.6 Å². The highest BCUT2D eigenvalue weighted by atomic mass is 16.5. The fourth-order valence-electron chi connectivity index (χ4n) is 1.92. The van der Waals surface area contributed by atoms with Crippen LogP contribution in [0.25, 0.3) is 0 Å². The van der Waals surface area contributed by atoms with Crippen molar-refractivity contribution in [3.05, 3.63) is 29.3 Å². The molecule has 106 valence electrons. The van der Waals surface area contributed by atoms with Crippen LogP contribution in [-0.2, 0) is 0 Å². The van der Waals surface area contributed by atoms with Crippen molar-refractivity contribution in [1.29, 1.82) is 0 Å². The highest BCUT2D eigenvalue weighted by molar-refractivity contribution is 5.85. The van der Waals surface area contributed by atoms with Crippen LogP contribution >= 0.6 is 0 Å². The lowest BCUT2D eigenvalue weighted by molar-refractivity contribution is 0.276. The summed E-state index contributed by atoms with van der Waals surface area (Å²) in [6.07, 6.45) is 1.67. The summed E-state index contributed by atoms with van der Waals surface area (Å²) in [5.41, 5.74) is 7.72. The van der Waals surface area contributed by atoms with Crippen LogP contribution in [0.2, 0.25) is 0 Å². The summed E-state index contributed by atoms with van der Waals surface area (Å²) in [7, 11) is 0. The van der Waals surface area contributed by atoms with E-state index in [1.165, 1.54) is 5.56 Å². The van der Waals surface area contributed by atoms with Gasteiger partial charge in [0.05, 0.1) is 6.61 Å². The topological polar surface area (TPSA) is 67.8 Å². The largest absolute Gasteiger partial charge is 0.493 e. The number of nitrogens with two attached hydrogens (primary N) is 1. The Morgan fingerprint density at radius 2 is 2.05 bits per heavy atom. The number of amidine groups is 1. The quantitative estimate of drug-likeness (QED) is 0.272. The van der Waals surface area contributed by atoms with Crippen molar-refractivity contribution in [2.75, 3.05) is 6.61 Å². The molecule has 0 aliphatic heterocycles. The van der Waals surface area contributed by atoms with E-state index in [4.69, 9.17) is 15.7 Å². The normalized spacial score (nSPS) is 12.5. The van der Waals surface area contributed by atoms with E-state index in [0.29, 0.717) is 6.61 Å². The monoisotopic (exact) mass is 264 g/mol. The van der Waals surface area contributed by atoms with Gasteiger partial charge in [-0.3, -0.25) is 0 Å². The van der Waals surface area contributed by atoms with Crippen LogP contribution in [0, 0.1) is 19.3 Å². The number of oxime groups is 1. The van der Waals surface area contributed by atoms with Gasteiger partial charge in [-0.15, -0.1) is 0 Å². The maximum absolute atomic E-state index is 8.70. The molecule has 0 unspecified atom stereocenters. The van der Waals surface area contributed by atoms with Gasteiger partial charge in [-0.05, 0) is 38.3 Å². The molecular formula is C15H24N2O2. The lowest BCUT2D eigenvalue weighted by atomic mass is 9.87. The van der Waals surface area contributed by atoms with E-state index in [0.717, 1.165) is 24.2 Å². The van der Waals surface area contributed by atoms with Crippen LogP contribution < -0.4 is 10.5 Å². The Morgan fingerprint density at radius 1 is 1.37 bits per heavy atom. The number of hydrogen-bond acceptors (Lipinski definition) is 3. The van der Waals surface area contributed by atoms with Crippen molar-refractivity contribution in [3.63, 3.8) is 0 Å². The van der Waals surface area contributed by atoms with Gasteiger partial charge < -0.3 is 15.7 Å². The molecule has 4 nitrogen and oxygen atoms in total. The maximum atomic E-state index is 8.70. The van der Waals surface area contributed by atoms with Gasteiger partial charge >= 0.3 is 0 Å². The Morgan fingerprint density at radius 3 is 2.63 bits per heavy atom. The van der Waals surface area contributed by atoms with E-state index >= 15 is 0 Å². The SMILES string of the molecule is Cc1ccc(OCCCC(C)(C)C(N)=NO)c(C)c1. The first-order valence-corrected chi connectivity index (χ1v) is 6.55. The predicted octanol–water partition coefficient (Wildman–Crippen LogP) is 3.24. The fraction of sp³-hybridized carbons (Fsp3) is 0.533. The molecule has 0 heterocycles. The summed E-state index contributed by atoms with van der Waals surface area (Å²) in [5, 5.41) is 11.8. The van der Waals surface area contributed by atoms with Gasteiger partial charge in [-0.25, -0.2) is 0 Å². The third kappa shape index (κ3) is 4.47. The number of aryl methyl sites for hydroxylation is 2. The molecule has 0 amide bonds. The third-order valence-electron chi connectivity index (χ3n) is 3.34. The van der Waals surface area contributed by atoms with Crippen LogP contribution in [0.5, 0.6) is 5.75 Å². The van der Waals surface area contributed by atoms with Crippen molar-refractivity contribution in [3.8, 4) is 5.75 Å². The van der Waals surface area contributed by atoms with Crippen molar-refractivity contribution >= 4 is 5.84 Å². The Bertz CT molecular complexity index is 453. The molecule has 0 radical (unpaired) electrons. The number of nitrogens with zero attached hydrogens (tertiary/aromatic N) is 1. The molecule has 19 heavy (non-hydrogen) atoms. The summed E-state index contributed by atoms with van der Waals surface area (Å²) < 4.78 is 5.76. The minimum atomic E-state index is -0.305. The first-order valence-electron chi connectivity index (χ1n) is 6.55. The first-order chi connectivity index (χ1) is 8.86. The molecule has 1 aromatic rings. The number of benzene rings is 1. The zero-order valence-corrected chi connectivity index (χ0v) is 12.2. The molecule has 0 saturated heterocycles. The molecule has 1 rings (SSSR count). The lowest BCUT2D eigenvalue weighted by Gasteiger charge is -2.22. The Labute approximate surface area is 115 Å². The molecule has 0 aromatic heterocycles. The summed E-state index contributed by atoms with van der Waals surface area (Å²) >= 11 is 0. The molecule has 4 heteroatoms. The minimum Gasteiger partial charge on any atom is -0.493 e. The van der Waals surface area contributed by atoms with Crippen LogP contribution in [0.3, 0.4) is 0 Å². The van der Waals surface area contributed by atoms with Gasteiger partial charge in [-0.2, -0.15) is 0 Å². The Kier molecular flexibility index (Phi) is 5.21. The second kappa shape index (κ2) is 6.45.